The smallest absolute Gasteiger partial charge is 0.0715 e. The molecule has 0 unspecified atom stereocenters. The average molecular weight is 792 g/mol. The minimum Gasteiger partial charge on any atom is -0.309 e. The van der Waals surface area contributed by atoms with Gasteiger partial charge in [0, 0.05) is 38.5 Å². The molecule has 3 heterocycles. The number of rotatable bonds is 9. The molecule has 11 aromatic rings. The van der Waals surface area contributed by atoms with Crippen LogP contribution in [0.4, 0.5) is 0 Å². The Bertz CT molecular complexity index is 3510. The predicted octanol–water partition coefficient (Wildman–Crippen LogP) is 15.7. The molecule has 0 bridgehead atoms. The highest BCUT2D eigenvalue weighted by Gasteiger charge is 2.17. The first-order chi connectivity index (χ1) is 30.6. The van der Waals surface area contributed by atoms with Crippen molar-refractivity contribution in [2.45, 2.75) is 0 Å². The molecule has 62 heavy (non-hydrogen) atoms. The maximum Gasteiger partial charge on any atom is 0.0715 e. The number of allylic oxidation sites excluding steroid dienone is 4. The van der Waals surface area contributed by atoms with E-state index < -0.39 is 0 Å². The van der Waals surface area contributed by atoms with E-state index in [0.717, 1.165) is 50.5 Å². The zero-order valence-corrected chi connectivity index (χ0v) is 34.1. The number of fused-ring (bicyclic) bond motifs is 6. The van der Waals surface area contributed by atoms with Gasteiger partial charge in [-0.1, -0.05) is 171 Å². The van der Waals surface area contributed by atoms with Crippen molar-refractivity contribution in [1.82, 2.24) is 14.1 Å². The molecule has 0 aliphatic heterocycles. The largest absolute Gasteiger partial charge is 0.309 e. The third-order valence-electron chi connectivity index (χ3n) is 12.1. The lowest BCUT2D eigenvalue weighted by Crippen LogP contribution is -1.96. The van der Waals surface area contributed by atoms with Gasteiger partial charge in [-0.25, -0.2) is 4.98 Å². The van der Waals surface area contributed by atoms with E-state index in [-0.39, 0.29) is 0 Å². The number of pyridine rings is 1. The lowest BCUT2D eigenvalue weighted by Gasteiger charge is -2.12. The van der Waals surface area contributed by atoms with Crippen molar-refractivity contribution in [2.75, 3.05) is 0 Å². The van der Waals surface area contributed by atoms with Gasteiger partial charge in [0.15, 0.2) is 0 Å². The van der Waals surface area contributed by atoms with Crippen LogP contribution >= 0.6 is 0 Å². The second kappa shape index (κ2) is 15.4. The molecule has 8 aromatic carbocycles. The summed E-state index contributed by atoms with van der Waals surface area (Å²) in [5.74, 6) is 0. The molecule has 0 saturated heterocycles. The summed E-state index contributed by atoms with van der Waals surface area (Å²) in [6, 6.07) is 74.3. The van der Waals surface area contributed by atoms with Gasteiger partial charge in [0.05, 0.1) is 33.5 Å². The van der Waals surface area contributed by atoms with Crippen molar-refractivity contribution >= 4 is 49.2 Å². The van der Waals surface area contributed by atoms with Gasteiger partial charge in [0.1, 0.15) is 0 Å². The fourth-order valence-electron chi connectivity index (χ4n) is 9.08. The molecule has 11 rings (SSSR count). The number of hydrogen-bond donors (Lipinski definition) is 0. The SMILES string of the molecule is C=C/C=C(\C=C)c1cc(-c2ccccc2)cc(-c2ccc(-n3c4ccccc4c4cc(-c5ccc6c7ccccc7n(-c7ccc(-c8ccccc8)cc7)c6c5)ccc43)cc2)n1. The Balaban J connectivity index is 0.996. The van der Waals surface area contributed by atoms with Gasteiger partial charge in [0.25, 0.3) is 0 Å². The zero-order chi connectivity index (χ0) is 41.6. The second-order valence-electron chi connectivity index (χ2n) is 15.7. The topological polar surface area (TPSA) is 22.8 Å². The van der Waals surface area contributed by atoms with Crippen LogP contribution in [0.25, 0.3) is 105 Å². The van der Waals surface area contributed by atoms with E-state index in [4.69, 9.17) is 4.98 Å². The fraction of sp³-hybridized carbons (Fsp3) is 0. The number of para-hydroxylation sites is 2. The van der Waals surface area contributed by atoms with Crippen LogP contribution in [0, 0.1) is 0 Å². The predicted molar refractivity (Wildman–Crippen MR) is 263 cm³/mol. The lowest BCUT2D eigenvalue weighted by atomic mass is 9.99. The molecule has 0 spiro atoms. The van der Waals surface area contributed by atoms with Crippen LogP contribution in [-0.2, 0) is 0 Å². The van der Waals surface area contributed by atoms with E-state index in [2.05, 4.69) is 222 Å². The van der Waals surface area contributed by atoms with Crippen molar-refractivity contribution in [1.29, 1.82) is 0 Å². The van der Waals surface area contributed by atoms with E-state index in [0.29, 0.717) is 0 Å². The van der Waals surface area contributed by atoms with E-state index >= 15 is 0 Å². The third-order valence-corrected chi connectivity index (χ3v) is 12.1. The van der Waals surface area contributed by atoms with Crippen LogP contribution in [0.5, 0.6) is 0 Å². The van der Waals surface area contributed by atoms with Gasteiger partial charge in [-0.15, -0.1) is 0 Å². The number of hydrogen-bond acceptors (Lipinski definition) is 1. The average Bonchev–Trinajstić information content (AvgIpc) is 3.86. The monoisotopic (exact) mass is 791 g/mol. The summed E-state index contributed by atoms with van der Waals surface area (Å²) in [4.78, 5) is 5.12. The first-order valence-electron chi connectivity index (χ1n) is 21.0. The molecule has 3 nitrogen and oxygen atoms in total. The van der Waals surface area contributed by atoms with Gasteiger partial charge >= 0.3 is 0 Å². The molecule has 0 N–H and O–H groups in total. The highest BCUT2D eigenvalue weighted by Crippen LogP contribution is 2.39. The summed E-state index contributed by atoms with van der Waals surface area (Å²) < 4.78 is 4.78. The van der Waals surface area contributed by atoms with Gasteiger partial charge in [-0.3, -0.25) is 0 Å². The Morgan fingerprint density at radius 1 is 0.371 bits per heavy atom. The van der Waals surface area contributed by atoms with Crippen LogP contribution in [0.1, 0.15) is 5.69 Å². The van der Waals surface area contributed by atoms with Gasteiger partial charge in [-0.05, 0) is 106 Å². The number of nitrogens with zero attached hydrogens (tertiary/aromatic N) is 3. The Kier molecular flexibility index (Phi) is 9.13. The number of aromatic nitrogens is 3. The lowest BCUT2D eigenvalue weighted by molar-refractivity contribution is 1.18. The fourth-order valence-corrected chi connectivity index (χ4v) is 9.08. The molecule has 0 amide bonds. The highest BCUT2D eigenvalue weighted by atomic mass is 15.0. The quantitative estimate of drug-likeness (QED) is 0.134. The zero-order valence-electron chi connectivity index (χ0n) is 34.1. The standard InChI is InChI=1S/C59H41N3/c1-3-15-40(4-2)54-37-47(42-18-9-6-10-19-42)38-55(60-54)44-26-32-48(33-27-44)61-57-23-14-12-21-51(57)53-36-45(29-35-58(53)61)46-28-34-52-50-20-11-13-22-56(50)62(59(52)39-46)49-30-24-43(25-31-49)41-16-7-5-8-17-41/h3-39H,1-2H2/b40-15+. The van der Waals surface area contributed by atoms with E-state index in [1.807, 2.05) is 18.2 Å². The molecule has 292 valence electrons. The van der Waals surface area contributed by atoms with Gasteiger partial charge in [0.2, 0.25) is 0 Å². The molecule has 0 aliphatic rings. The van der Waals surface area contributed by atoms with Crippen molar-refractivity contribution in [3.63, 3.8) is 0 Å². The molecule has 3 heteroatoms. The Morgan fingerprint density at radius 2 is 0.855 bits per heavy atom. The first kappa shape index (κ1) is 36.8. The summed E-state index contributed by atoms with van der Waals surface area (Å²) >= 11 is 0. The summed E-state index contributed by atoms with van der Waals surface area (Å²) in [7, 11) is 0. The van der Waals surface area contributed by atoms with Gasteiger partial charge < -0.3 is 9.13 Å². The van der Waals surface area contributed by atoms with Crippen LogP contribution < -0.4 is 0 Å². The maximum absolute atomic E-state index is 5.12. The Hall–Kier alpha value is -8.27. The Labute approximate surface area is 361 Å². The maximum atomic E-state index is 5.12. The van der Waals surface area contributed by atoms with Crippen LogP contribution in [0.3, 0.4) is 0 Å². The summed E-state index contributed by atoms with van der Waals surface area (Å²) in [5.41, 5.74) is 17.7. The molecule has 0 aliphatic carbocycles. The summed E-state index contributed by atoms with van der Waals surface area (Å²) in [6.07, 6.45) is 5.57. The van der Waals surface area contributed by atoms with Crippen molar-refractivity contribution in [3.8, 4) is 56.0 Å². The summed E-state index contributed by atoms with van der Waals surface area (Å²) in [5, 5.41) is 4.92. The van der Waals surface area contributed by atoms with Crippen molar-refractivity contribution < 1.29 is 0 Å². The van der Waals surface area contributed by atoms with Crippen LogP contribution in [-0.4, -0.2) is 14.1 Å². The summed E-state index contributed by atoms with van der Waals surface area (Å²) in [6.45, 7) is 7.98. The molecule has 0 saturated carbocycles. The first-order valence-corrected chi connectivity index (χ1v) is 21.0. The van der Waals surface area contributed by atoms with Gasteiger partial charge in [-0.2, -0.15) is 0 Å². The molecule has 3 aromatic heterocycles. The minimum absolute atomic E-state index is 0.858. The van der Waals surface area contributed by atoms with Crippen molar-refractivity contribution in [3.05, 3.63) is 243 Å². The van der Waals surface area contributed by atoms with E-state index in [9.17, 15) is 0 Å². The highest BCUT2D eigenvalue weighted by molar-refractivity contribution is 6.12. The molecular weight excluding hydrogens is 751 g/mol. The van der Waals surface area contributed by atoms with E-state index in [1.165, 1.54) is 60.3 Å². The van der Waals surface area contributed by atoms with E-state index in [1.54, 1.807) is 6.08 Å². The van der Waals surface area contributed by atoms with Crippen LogP contribution in [0.15, 0.2) is 238 Å². The normalized spacial score (nSPS) is 11.8. The molecule has 0 radical (unpaired) electrons. The Morgan fingerprint density at radius 3 is 1.50 bits per heavy atom. The second-order valence-corrected chi connectivity index (χ2v) is 15.7. The van der Waals surface area contributed by atoms with Crippen molar-refractivity contribution in [2.24, 2.45) is 0 Å². The third kappa shape index (κ3) is 6.36. The number of benzene rings is 8. The minimum atomic E-state index is 0.858. The molecular formula is C59H41N3. The van der Waals surface area contributed by atoms with Crippen LogP contribution in [0.2, 0.25) is 0 Å². The molecule has 0 fully saturated rings. The molecule has 0 atom stereocenters.